The Morgan fingerprint density at radius 1 is 0.913 bits per heavy atom. The summed E-state index contributed by atoms with van der Waals surface area (Å²) >= 11 is 6.00. The molecule has 2 aromatic rings. The molecular weight excluding hydrogens is 312 g/mol. The van der Waals surface area contributed by atoms with E-state index in [2.05, 4.69) is 24.5 Å². The third-order valence-electron chi connectivity index (χ3n) is 3.47. The van der Waals surface area contributed by atoms with Gasteiger partial charge in [0.1, 0.15) is 0 Å². The van der Waals surface area contributed by atoms with Crippen LogP contribution in [0.1, 0.15) is 30.9 Å². The summed E-state index contributed by atoms with van der Waals surface area (Å²) < 4.78 is 0. The molecule has 0 heterocycles. The molecule has 0 bridgehead atoms. The molecule has 0 aliphatic heterocycles. The lowest BCUT2D eigenvalue weighted by molar-refractivity contribution is -0.132. The van der Waals surface area contributed by atoms with Crippen molar-refractivity contribution in [1.29, 1.82) is 0 Å². The highest BCUT2D eigenvalue weighted by Gasteiger charge is 2.14. The number of carbonyl (C=O) groups is 2. The second-order valence-corrected chi connectivity index (χ2v) is 6.06. The van der Waals surface area contributed by atoms with Crippen molar-refractivity contribution in [3.63, 3.8) is 0 Å². The second-order valence-electron chi connectivity index (χ2n) is 5.65. The zero-order chi connectivity index (χ0) is 17.0. The van der Waals surface area contributed by atoms with E-state index in [1.165, 1.54) is 5.56 Å². The highest BCUT2D eigenvalue weighted by atomic mass is 35.5. The number of hydrogen-bond acceptors (Lipinski definition) is 2. The average molecular weight is 331 g/mol. The summed E-state index contributed by atoms with van der Waals surface area (Å²) in [5.74, 6) is -1.05. The summed E-state index contributed by atoms with van der Waals surface area (Å²) in [5, 5.41) is 5.63. The number of aryl methyl sites for hydroxylation is 1. The zero-order valence-electron chi connectivity index (χ0n) is 13.3. The van der Waals surface area contributed by atoms with Crippen molar-refractivity contribution in [2.75, 3.05) is 10.6 Å². The topological polar surface area (TPSA) is 58.2 Å². The molecule has 0 unspecified atom stereocenters. The molecule has 0 aliphatic rings. The Balaban J connectivity index is 1.99. The second kappa shape index (κ2) is 7.29. The molecule has 2 rings (SSSR count). The van der Waals surface area contributed by atoms with Crippen molar-refractivity contribution in [1.82, 2.24) is 0 Å². The minimum absolute atomic E-state index is 0.411. The van der Waals surface area contributed by atoms with E-state index in [0.717, 1.165) is 5.56 Å². The Bertz CT molecular complexity index is 724. The number of rotatable bonds is 3. The molecule has 0 fully saturated rings. The molecule has 0 spiro atoms. The van der Waals surface area contributed by atoms with Crippen LogP contribution in [0.25, 0.3) is 0 Å². The third-order valence-corrected chi connectivity index (χ3v) is 3.88. The third kappa shape index (κ3) is 4.57. The van der Waals surface area contributed by atoms with Crippen LogP contribution in [-0.4, -0.2) is 11.8 Å². The van der Waals surface area contributed by atoms with Gasteiger partial charge in [-0.2, -0.15) is 0 Å². The minimum Gasteiger partial charge on any atom is -0.318 e. The molecule has 120 valence electrons. The van der Waals surface area contributed by atoms with Crippen LogP contribution < -0.4 is 10.6 Å². The summed E-state index contributed by atoms with van der Waals surface area (Å²) in [6, 6.07) is 12.5. The van der Waals surface area contributed by atoms with Crippen LogP contribution in [0.3, 0.4) is 0 Å². The first-order valence-corrected chi connectivity index (χ1v) is 7.73. The highest BCUT2D eigenvalue weighted by molar-refractivity contribution is 6.43. The van der Waals surface area contributed by atoms with Crippen molar-refractivity contribution in [2.45, 2.75) is 26.7 Å². The maximum atomic E-state index is 11.9. The molecule has 0 saturated heterocycles. The maximum absolute atomic E-state index is 11.9. The Morgan fingerprint density at radius 2 is 1.43 bits per heavy atom. The number of amides is 2. The average Bonchev–Trinajstić information content (AvgIpc) is 2.51. The lowest BCUT2D eigenvalue weighted by Gasteiger charge is -2.09. The van der Waals surface area contributed by atoms with E-state index >= 15 is 0 Å². The smallest absolute Gasteiger partial charge is 0.314 e. The molecule has 2 amide bonds. The van der Waals surface area contributed by atoms with Crippen molar-refractivity contribution >= 4 is 34.8 Å². The number of carbonyl (C=O) groups excluding carboxylic acids is 2. The van der Waals surface area contributed by atoms with E-state index in [9.17, 15) is 9.59 Å². The molecule has 0 aliphatic carbocycles. The summed E-state index contributed by atoms with van der Waals surface area (Å²) in [6.07, 6.45) is 0. The fourth-order valence-corrected chi connectivity index (χ4v) is 2.18. The molecule has 2 aromatic carbocycles. The quantitative estimate of drug-likeness (QED) is 0.822. The van der Waals surface area contributed by atoms with Gasteiger partial charge < -0.3 is 10.6 Å². The Labute approximate surface area is 140 Å². The first-order chi connectivity index (χ1) is 10.9. The highest BCUT2D eigenvalue weighted by Crippen LogP contribution is 2.20. The van der Waals surface area contributed by atoms with Gasteiger partial charge >= 0.3 is 11.8 Å². The largest absolute Gasteiger partial charge is 0.318 e. The van der Waals surface area contributed by atoms with Crippen LogP contribution in [0.4, 0.5) is 11.4 Å². The van der Waals surface area contributed by atoms with Crippen molar-refractivity contribution in [3.8, 4) is 0 Å². The maximum Gasteiger partial charge on any atom is 0.314 e. The standard InChI is InChI=1S/C18H19ClN2O2/c1-11(2)13-5-8-14(9-6-13)20-17(22)18(23)21-15-7-4-12(3)16(19)10-15/h4-11H,1-3H3,(H,20,22)(H,21,23). The van der Waals surface area contributed by atoms with E-state index in [0.29, 0.717) is 22.3 Å². The molecule has 0 aromatic heterocycles. The number of benzene rings is 2. The van der Waals surface area contributed by atoms with E-state index in [4.69, 9.17) is 11.6 Å². The van der Waals surface area contributed by atoms with Gasteiger partial charge in [-0.1, -0.05) is 43.6 Å². The SMILES string of the molecule is Cc1ccc(NC(=O)C(=O)Nc2ccc(C(C)C)cc2)cc1Cl. The zero-order valence-corrected chi connectivity index (χ0v) is 14.1. The van der Waals surface area contributed by atoms with Crippen molar-refractivity contribution in [2.24, 2.45) is 0 Å². The van der Waals surface area contributed by atoms with E-state index in [1.807, 2.05) is 19.1 Å². The summed E-state index contributed by atoms with van der Waals surface area (Å²) in [5.41, 5.74) is 3.13. The van der Waals surface area contributed by atoms with E-state index in [1.54, 1.807) is 30.3 Å². The first-order valence-electron chi connectivity index (χ1n) is 7.35. The van der Waals surface area contributed by atoms with Crippen LogP contribution in [0.5, 0.6) is 0 Å². The fourth-order valence-electron chi connectivity index (χ4n) is 2.00. The lowest BCUT2D eigenvalue weighted by atomic mass is 10.0. The predicted molar refractivity (Wildman–Crippen MR) is 94.0 cm³/mol. The number of halogens is 1. The van der Waals surface area contributed by atoms with Crippen molar-refractivity contribution < 1.29 is 9.59 Å². The monoisotopic (exact) mass is 330 g/mol. The Hall–Kier alpha value is -2.33. The van der Waals surface area contributed by atoms with Crippen molar-refractivity contribution in [3.05, 3.63) is 58.6 Å². The number of anilines is 2. The van der Waals surface area contributed by atoms with Gasteiger partial charge in [-0.15, -0.1) is 0 Å². The van der Waals surface area contributed by atoms with Gasteiger partial charge in [-0.05, 0) is 48.2 Å². The van der Waals surface area contributed by atoms with Crippen LogP contribution in [0.15, 0.2) is 42.5 Å². The number of nitrogens with one attached hydrogen (secondary N) is 2. The van der Waals surface area contributed by atoms with Crippen LogP contribution in [-0.2, 0) is 9.59 Å². The van der Waals surface area contributed by atoms with Gasteiger partial charge in [0, 0.05) is 16.4 Å². The summed E-state index contributed by atoms with van der Waals surface area (Å²) in [7, 11) is 0. The van der Waals surface area contributed by atoms with Gasteiger partial charge in [0.15, 0.2) is 0 Å². The minimum atomic E-state index is -0.738. The summed E-state index contributed by atoms with van der Waals surface area (Å²) in [4.78, 5) is 23.9. The predicted octanol–water partition coefficient (Wildman–Crippen LogP) is 4.35. The van der Waals surface area contributed by atoms with Gasteiger partial charge in [0.05, 0.1) is 0 Å². The van der Waals surface area contributed by atoms with Gasteiger partial charge in [0.25, 0.3) is 0 Å². The van der Waals surface area contributed by atoms with E-state index in [-0.39, 0.29) is 0 Å². The summed E-state index contributed by atoms with van der Waals surface area (Å²) in [6.45, 7) is 6.04. The lowest BCUT2D eigenvalue weighted by Crippen LogP contribution is -2.29. The van der Waals surface area contributed by atoms with E-state index < -0.39 is 11.8 Å². The molecule has 5 heteroatoms. The molecule has 23 heavy (non-hydrogen) atoms. The van der Waals surface area contributed by atoms with Gasteiger partial charge in [-0.3, -0.25) is 9.59 Å². The molecule has 0 radical (unpaired) electrons. The molecule has 0 atom stereocenters. The molecular formula is C18H19ClN2O2. The molecule has 4 nitrogen and oxygen atoms in total. The Kier molecular flexibility index (Phi) is 5.40. The van der Waals surface area contributed by atoms with Gasteiger partial charge in [0.2, 0.25) is 0 Å². The Morgan fingerprint density at radius 3 is 1.96 bits per heavy atom. The first kappa shape index (κ1) is 17.0. The normalized spacial score (nSPS) is 10.5. The van der Waals surface area contributed by atoms with Crippen LogP contribution in [0, 0.1) is 6.92 Å². The molecule has 2 N–H and O–H groups in total. The molecule has 0 saturated carbocycles. The fraction of sp³-hybridized carbons (Fsp3) is 0.222. The van der Waals surface area contributed by atoms with Crippen LogP contribution in [0.2, 0.25) is 5.02 Å². The van der Waals surface area contributed by atoms with Crippen LogP contribution >= 0.6 is 11.6 Å². The number of hydrogen-bond donors (Lipinski definition) is 2. The van der Waals surface area contributed by atoms with Gasteiger partial charge in [-0.25, -0.2) is 0 Å².